The Balaban J connectivity index is 2.64. The van der Waals surface area contributed by atoms with Crippen molar-refractivity contribution >= 4 is 39.3 Å². The molecule has 8 heteroatoms. The highest BCUT2D eigenvalue weighted by Gasteiger charge is 2.17. The van der Waals surface area contributed by atoms with Gasteiger partial charge in [0, 0.05) is 7.05 Å². The first-order valence-corrected chi connectivity index (χ1v) is 5.14. The largest absolute Gasteiger partial charge is 0.245 e. The maximum absolute atomic E-state index is 5.82. The quantitative estimate of drug-likeness (QED) is 0.798. The van der Waals surface area contributed by atoms with Gasteiger partial charge in [-0.05, 0) is 15.9 Å². The van der Waals surface area contributed by atoms with Gasteiger partial charge in [0.2, 0.25) is 0 Å². The molecule has 0 radical (unpaired) electrons. The van der Waals surface area contributed by atoms with Gasteiger partial charge in [-0.2, -0.15) is 8.75 Å². The van der Waals surface area contributed by atoms with Gasteiger partial charge in [-0.3, -0.25) is 0 Å². The predicted octanol–water partition coefficient (Wildman–Crippen LogP) is 1.75. The van der Waals surface area contributed by atoms with Gasteiger partial charge in [-0.25, -0.2) is 4.68 Å². The maximum Gasteiger partial charge on any atom is 0.172 e. The van der Waals surface area contributed by atoms with E-state index in [0.717, 1.165) is 17.4 Å². The first-order chi connectivity index (χ1) is 6.20. The minimum atomic E-state index is 0.371. The van der Waals surface area contributed by atoms with Crippen molar-refractivity contribution in [3.05, 3.63) is 9.76 Å². The van der Waals surface area contributed by atoms with Gasteiger partial charge >= 0.3 is 0 Å². The van der Waals surface area contributed by atoms with Gasteiger partial charge in [0.1, 0.15) is 11.4 Å². The molecule has 0 fully saturated rings. The van der Waals surface area contributed by atoms with Gasteiger partial charge in [0.15, 0.2) is 9.76 Å². The minimum absolute atomic E-state index is 0.371. The third kappa shape index (κ3) is 1.47. The zero-order valence-electron chi connectivity index (χ0n) is 6.40. The van der Waals surface area contributed by atoms with Gasteiger partial charge in [0.05, 0.1) is 11.7 Å². The van der Waals surface area contributed by atoms with Gasteiger partial charge in [-0.1, -0.05) is 16.8 Å². The van der Waals surface area contributed by atoms with Crippen LogP contribution in [0.3, 0.4) is 0 Å². The molecule has 0 saturated carbocycles. The van der Waals surface area contributed by atoms with Crippen molar-refractivity contribution in [3.63, 3.8) is 0 Å². The highest BCUT2D eigenvalue weighted by molar-refractivity contribution is 9.10. The summed E-state index contributed by atoms with van der Waals surface area (Å²) >= 11 is 10.1. The fourth-order valence-electron chi connectivity index (χ4n) is 0.902. The molecule has 0 unspecified atom stereocenters. The van der Waals surface area contributed by atoms with E-state index in [2.05, 4.69) is 35.0 Å². The highest BCUT2D eigenvalue weighted by atomic mass is 79.9. The van der Waals surface area contributed by atoms with Crippen molar-refractivity contribution in [1.82, 2.24) is 23.7 Å². The van der Waals surface area contributed by atoms with Crippen molar-refractivity contribution in [2.45, 2.75) is 0 Å². The molecular weight excluding hydrogens is 278 g/mol. The second-order valence-corrected chi connectivity index (χ2v) is 3.89. The van der Waals surface area contributed by atoms with E-state index in [1.807, 2.05) is 0 Å². The Bertz CT molecular complexity index is 418. The van der Waals surface area contributed by atoms with E-state index in [4.69, 9.17) is 11.6 Å². The van der Waals surface area contributed by atoms with Crippen LogP contribution in [0.1, 0.15) is 0 Å². The van der Waals surface area contributed by atoms with Crippen LogP contribution >= 0.6 is 39.3 Å². The smallest absolute Gasteiger partial charge is 0.172 e. The average molecular weight is 281 g/mol. The lowest BCUT2D eigenvalue weighted by Crippen LogP contribution is -1.94. The van der Waals surface area contributed by atoms with Crippen molar-refractivity contribution in [2.75, 3.05) is 0 Å². The lowest BCUT2D eigenvalue weighted by Gasteiger charge is -1.95. The Hall–Kier alpha value is -0.530. The third-order valence-electron chi connectivity index (χ3n) is 1.46. The van der Waals surface area contributed by atoms with Gasteiger partial charge in [-0.15, -0.1) is 5.10 Å². The van der Waals surface area contributed by atoms with Crippen molar-refractivity contribution < 1.29 is 0 Å². The molecule has 68 valence electrons. The molecule has 0 spiro atoms. The van der Waals surface area contributed by atoms with Crippen LogP contribution in [0, 0.1) is 0 Å². The first kappa shape index (κ1) is 9.04. The van der Waals surface area contributed by atoms with Crippen LogP contribution in [0.15, 0.2) is 4.60 Å². The zero-order valence-corrected chi connectivity index (χ0v) is 9.56. The molecule has 2 aromatic rings. The SMILES string of the molecule is Cn1nnc(Br)c1-c1nsnc1Cl. The Morgan fingerprint density at radius 1 is 1.46 bits per heavy atom. The van der Waals surface area contributed by atoms with Crippen LogP contribution in [-0.4, -0.2) is 23.7 Å². The summed E-state index contributed by atoms with van der Waals surface area (Å²) in [5, 5.41) is 8.00. The summed E-state index contributed by atoms with van der Waals surface area (Å²) in [4.78, 5) is 0. The summed E-state index contributed by atoms with van der Waals surface area (Å²) in [5.74, 6) is 0. The lowest BCUT2D eigenvalue weighted by molar-refractivity contribution is 0.719. The molecule has 0 saturated heterocycles. The molecule has 0 bridgehead atoms. The van der Waals surface area contributed by atoms with E-state index in [1.54, 1.807) is 11.7 Å². The number of aromatic nitrogens is 5. The van der Waals surface area contributed by atoms with E-state index in [0.29, 0.717) is 15.5 Å². The maximum atomic E-state index is 5.82. The fourth-order valence-corrected chi connectivity index (χ4v) is 2.15. The zero-order chi connectivity index (χ0) is 9.42. The molecule has 0 aliphatic heterocycles. The van der Waals surface area contributed by atoms with Crippen molar-refractivity contribution in [3.8, 4) is 11.4 Å². The number of nitrogens with zero attached hydrogens (tertiary/aromatic N) is 5. The molecule has 13 heavy (non-hydrogen) atoms. The van der Waals surface area contributed by atoms with Crippen LogP contribution in [-0.2, 0) is 7.05 Å². The Labute approximate surface area is 91.2 Å². The molecule has 2 heterocycles. The monoisotopic (exact) mass is 279 g/mol. The Morgan fingerprint density at radius 2 is 2.23 bits per heavy atom. The van der Waals surface area contributed by atoms with E-state index in [9.17, 15) is 0 Å². The van der Waals surface area contributed by atoms with Crippen molar-refractivity contribution in [1.29, 1.82) is 0 Å². The topological polar surface area (TPSA) is 56.5 Å². The van der Waals surface area contributed by atoms with E-state index >= 15 is 0 Å². The molecular formula is C5H3BrClN5S. The number of hydrogen-bond donors (Lipinski definition) is 0. The lowest BCUT2D eigenvalue weighted by atomic mass is 10.4. The molecule has 0 aliphatic carbocycles. The van der Waals surface area contributed by atoms with Crippen LogP contribution in [0.4, 0.5) is 0 Å². The Morgan fingerprint density at radius 3 is 2.69 bits per heavy atom. The minimum Gasteiger partial charge on any atom is -0.245 e. The highest BCUT2D eigenvalue weighted by Crippen LogP contribution is 2.29. The normalized spacial score (nSPS) is 10.7. The van der Waals surface area contributed by atoms with Crippen LogP contribution < -0.4 is 0 Å². The number of halogens is 2. The second-order valence-electron chi connectivity index (χ2n) is 2.26. The number of aryl methyl sites for hydroxylation is 1. The molecule has 2 aromatic heterocycles. The first-order valence-electron chi connectivity index (χ1n) is 3.23. The number of rotatable bonds is 1. The summed E-state index contributed by atoms with van der Waals surface area (Å²) in [6.45, 7) is 0. The average Bonchev–Trinajstić information content (AvgIpc) is 2.60. The van der Waals surface area contributed by atoms with Crippen LogP contribution in [0.2, 0.25) is 5.15 Å². The summed E-state index contributed by atoms with van der Waals surface area (Å²) in [7, 11) is 1.77. The summed E-state index contributed by atoms with van der Waals surface area (Å²) in [5.41, 5.74) is 1.34. The molecule has 0 aliphatic rings. The fraction of sp³-hybridized carbons (Fsp3) is 0.200. The summed E-state index contributed by atoms with van der Waals surface area (Å²) in [6, 6.07) is 0. The van der Waals surface area contributed by atoms with Crippen molar-refractivity contribution in [2.24, 2.45) is 7.05 Å². The number of hydrogen-bond acceptors (Lipinski definition) is 5. The molecule has 5 nitrogen and oxygen atoms in total. The molecule has 2 rings (SSSR count). The van der Waals surface area contributed by atoms with E-state index in [-0.39, 0.29) is 0 Å². The van der Waals surface area contributed by atoms with Crippen LogP contribution in [0.25, 0.3) is 11.4 Å². The Kier molecular flexibility index (Phi) is 2.31. The third-order valence-corrected chi connectivity index (χ3v) is 2.88. The summed E-state index contributed by atoms with van der Waals surface area (Å²) < 4.78 is 10.1. The van der Waals surface area contributed by atoms with E-state index in [1.165, 1.54) is 0 Å². The molecule has 0 atom stereocenters. The standard InChI is InChI=1S/C5H3BrClN5S/c1-12-3(4(6)8-11-12)2-5(7)10-13-9-2/h1H3. The molecule has 0 N–H and O–H groups in total. The van der Waals surface area contributed by atoms with E-state index < -0.39 is 0 Å². The molecule has 0 aromatic carbocycles. The van der Waals surface area contributed by atoms with Crippen LogP contribution in [0.5, 0.6) is 0 Å². The predicted molar refractivity (Wildman–Crippen MR) is 52.6 cm³/mol. The second kappa shape index (κ2) is 3.32. The van der Waals surface area contributed by atoms with Gasteiger partial charge < -0.3 is 0 Å². The van der Waals surface area contributed by atoms with Gasteiger partial charge in [0.25, 0.3) is 0 Å². The summed E-state index contributed by atoms with van der Waals surface area (Å²) in [6.07, 6.45) is 0. The molecule has 0 amide bonds.